The highest BCUT2D eigenvalue weighted by atomic mass is 35.5. The van der Waals surface area contributed by atoms with Gasteiger partial charge in [-0.1, -0.05) is 11.6 Å². The van der Waals surface area contributed by atoms with E-state index in [-0.39, 0.29) is 42.5 Å². The van der Waals surface area contributed by atoms with E-state index in [1.165, 1.54) is 21.3 Å². The van der Waals surface area contributed by atoms with E-state index < -0.39 is 21.7 Å². The lowest BCUT2D eigenvalue weighted by atomic mass is 10.1. The molecule has 1 saturated heterocycles. The number of piperazine rings is 1. The lowest BCUT2D eigenvalue weighted by Gasteiger charge is -2.33. The minimum absolute atomic E-state index is 0.0316. The minimum Gasteiger partial charge on any atom is -0.336 e. The molecule has 0 atom stereocenters. The first kappa shape index (κ1) is 16.2. The molecule has 2 rings (SSSR count). The number of carbonyl (C=O) groups excluding carboxylic acids is 1. The molecule has 8 heteroatoms. The SMILES string of the molecule is CCS(=O)(=O)N1CCN(C(=O)c2cc(Cl)ccc2F)CC1. The van der Waals surface area contributed by atoms with Gasteiger partial charge >= 0.3 is 0 Å². The summed E-state index contributed by atoms with van der Waals surface area (Å²) in [5, 5.41) is 0.284. The van der Waals surface area contributed by atoms with Crippen molar-refractivity contribution in [2.24, 2.45) is 0 Å². The average Bonchev–Trinajstić information content (AvgIpc) is 2.49. The lowest BCUT2D eigenvalue weighted by molar-refractivity contribution is 0.0693. The van der Waals surface area contributed by atoms with Gasteiger partial charge in [-0.05, 0) is 25.1 Å². The number of sulfonamides is 1. The zero-order valence-corrected chi connectivity index (χ0v) is 13.1. The summed E-state index contributed by atoms with van der Waals surface area (Å²) in [4.78, 5) is 13.7. The van der Waals surface area contributed by atoms with Crippen LogP contribution in [0.4, 0.5) is 4.39 Å². The van der Waals surface area contributed by atoms with Crippen LogP contribution in [0, 0.1) is 5.82 Å². The summed E-state index contributed by atoms with van der Waals surface area (Å²) in [6, 6.07) is 3.81. The van der Waals surface area contributed by atoms with Crippen LogP contribution in [0.25, 0.3) is 0 Å². The molecule has 0 aliphatic carbocycles. The summed E-state index contributed by atoms with van der Waals surface area (Å²) in [6.07, 6.45) is 0. The van der Waals surface area contributed by atoms with Gasteiger partial charge in [-0.15, -0.1) is 0 Å². The first-order valence-electron chi connectivity index (χ1n) is 6.57. The van der Waals surface area contributed by atoms with Gasteiger partial charge in [-0.2, -0.15) is 4.31 Å². The minimum atomic E-state index is -3.25. The van der Waals surface area contributed by atoms with Crippen molar-refractivity contribution < 1.29 is 17.6 Å². The standard InChI is InChI=1S/C13H16ClFN2O3S/c1-2-21(19,20)17-7-5-16(6-8-17)13(18)11-9-10(14)3-4-12(11)15/h3-4,9H,2,5-8H2,1H3. The van der Waals surface area contributed by atoms with E-state index in [9.17, 15) is 17.6 Å². The van der Waals surface area contributed by atoms with Gasteiger partial charge in [-0.3, -0.25) is 4.79 Å². The average molecular weight is 335 g/mol. The number of nitrogens with zero attached hydrogens (tertiary/aromatic N) is 2. The number of halogens is 2. The zero-order valence-electron chi connectivity index (χ0n) is 11.6. The smallest absolute Gasteiger partial charge is 0.256 e. The fourth-order valence-corrected chi connectivity index (χ4v) is 3.44. The topological polar surface area (TPSA) is 57.7 Å². The summed E-state index contributed by atoms with van der Waals surface area (Å²) in [5.74, 6) is -1.07. The molecule has 0 saturated carbocycles. The summed E-state index contributed by atoms with van der Waals surface area (Å²) in [6.45, 7) is 2.51. The molecule has 0 N–H and O–H groups in total. The van der Waals surface area contributed by atoms with E-state index in [1.807, 2.05) is 0 Å². The normalized spacial score (nSPS) is 17.0. The number of amides is 1. The van der Waals surface area contributed by atoms with E-state index in [2.05, 4.69) is 0 Å². The third-order valence-corrected chi connectivity index (χ3v) is 5.56. The van der Waals surface area contributed by atoms with Crippen LogP contribution in [-0.2, 0) is 10.0 Å². The molecular weight excluding hydrogens is 319 g/mol. The van der Waals surface area contributed by atoms with Crippen LogP contribution in [0.2, 0.25) is 5.02 Å². The maximum Gasteiger partial charge on any atom is 0.256 e. The Bertz CT molecular complexity index is 643. The van der Waals surface area contributed by atoms with Crippen LogP contribution < -0.4 is 0 Å². The van der Waals surface area contributed by atoms with Crippen LogP contribution >= 0.6 is 11.6 Å². The number of hydrogen-bond acceptors (Lipinski definition) is 3. The molecule has 116 valence electrons. The summed E-state index contributed by atoms with van der Waals surface area (Å²) in [5.41, 5.74) is -0.0886. The number of carbonyl (C=O) groups is 1. The summed E-state index contributed by atoms with van der Waals surface area (Å²) >= 11 is 5.78. The van der Waals surface area contributed by atoms with Gasteiger partial charge < -0.3 is 4.90 Å². The lowest BCUT2D eigenvalue weighted by Crippen LogP contribution is -2.51. The second-order valence-corrected chi connectivity index (χ2v) is 7.41. The maximum absolute atomic E-state index is 13.7. The molecule has 1 amide bonds. The molecule has 1 aliphatic heterocycles. The number of rotatable bonds is 3. The highest BCUT2D eigenvalue weighted by Crippen LogP contribution is 2.18. The predicted octanol–water partition coefficient (Wildman–Crippen LogP) is 1.59. The highest BCUT2D eigenvalue weighted by molar-refractivity contribution is 7.89. The van der Waals surface area contributed by atoms with Gasteiger partial charge in [0.1, 0.15) is 5.82 Å². The Labute approximate surface area is 128 Å². The fraction of sp³-hybridized carbons (Fsp3) is 0.462. The summed E-state index contributed by atoms with van der Waals surface area (Å²) in [7, 11) is -3.25. The quantitative estimate of drug-likeness (QED) is 0.843. The van der Waals surface area contributed by atoms with Crippen molar-refractivity contribution in [1.29, 1.82) is 0 Å². The highest BCUT2D eigenvalue weighted by Gasteiger charge is 2.29. The van der Waals surface area contributed by atoms with Crippen LogP contribution in [0.1, 0.15) is 17.3 Å². The van der Waals surface area contributed by atoms with Gasteiger partial charge in [0.2, 0.25) is 10.0 Å². The van der Waals surface area contributed by atoms with Crippen LogP contribution in [0.5, 0.6) is 0 Å². The molecule has 1 aromatic rings. The van der Waals surface area contributed by atoms with E-state index in [4.69, 9.17) is 11.6 Å². The van der Waals surface area contributed by atoms with Crippen LogP contribution in [0.15, 0.2) is 18.2 Å². The van der Waals surface area contributed by atoms with Gasteiger partial charge in [0, 0.05) is 31.2 Å². The van der Waals surface area contributed by atoms with E-state index in [0.29, 0.717) is 0 Å². The number of hydrogen-bond donors (Lipinski definition) is 0. The molecule has 1 aliphatic rings. The second kappa shape index (κ2) is 6.29. The summed E-state index contributed by atoms with van der Waals surface area (Å²) < 4.78 is 38.5. The van der Waals surface area contributed by atoms with Crippen molar-refractivity contribution in [2.75, 3.05) is 31.9 Å². The molecule has 1 heterocycles. The van der Waals surface area contributed by atoms with Crippen molar-refractivity contribution in [2.45, 2.75) is 6.92 Å². The van der Waals surface area contributed by atoms with Crippen LogP contribution in [-0.4, -0.2) is 55.5 Å². The third kappa shape index (κ3) is 3.53. The van der Waals surface area contributed by atoms with Gasteiger partial charge in [0.15, 0.2) is 0 Å². The Morgan fingerprint density at radius 3 is 2.48 bits per heavy atom. The fourth-order valence-electron chi connectivity index (χ4n) is 2.18. The number of benzene rings is 1. The Kier molecular flexibility index (Phi) is 4.85. The first-order valence-corrected chi connectivity index (χ1v) is 8.56. The molecule has 0 unspecified atom stereocenters. The Balaban J connectivity index is 2.09. The molecule has 1 fully saturated rings. The predicted molar refractivity (Wildman–Crippen MR) is 78.3 cm³/mol. The van der Waals surface area contributed by atoms with Gasteiger partial charge in [-0.25, -0.2) is 12.8 Å². The van der Waals surface area contributed by atoms with Gasteiger partial charge in [0.25, 0.3) is 5.91 Å². The maximum atomic E-state index is 13.7. The largest absolute Gasteiger partial charge is 0.336 e. The van der Waals surface area contributed by atoms with Crippen molar-refractivity contribution >= 4 is 27.5 Å². The molecule has 0 spiro atoms. The zero-order chi connectivity index (χ0) is 15.6. The Morgan fingerprint density at radius 1 is 1.29 bits per heavy atom. The molecule has 1 aromatic carbocycles. The van der Waals surface area contributed by atoms with E-state index in [1.54, 1.807) is 6.92 Å². The van der Waals surface area contributed by atoms with E-state index >= 15 is 0 Å². The van der Waals surface area contributed by atoms with Crippen LogP contribution in [0.3, 0.4) is 0 Å². The van der Waals surface area contributed by atoms with Crippen molar-refractivity contribution in [3.8, 4) is 0 Å². The van der Waals surface area contributed by atoms with Crippen molar-refractivity contribution in [3.05, 3.63) is 34.6 Å². The Morgan fingerprint density at radius 2 is 1.90 bits per heavy atom. The third-order valence-electron chi connectivity index (χ3n) is 3.44. The Hall–Kier alpha value is -1.18. The van der Waals surface area contributed by atoms with Crippen molar-refractivity contribution in [1.82, 2.24) is 9.21 Å². The molecule has 0 radical (unpaired) electrons. The second-order valence-electron chi connectivity index (χ2n) is 4.72. The molecule has 0 aromatic heterocycles. The van der Waals surface area contributed by atoms with Crippen molar-refractivity contribution in [3.63, 3.8) is 0 Å². The molecule has 0 bridgehead atoms. The van der Waals surface area contributed by atoms with E-state index in [0.717, 1.165) is 6.07 Å². The monoisotopic (exact) mass is 334 g/mol. The molecule has 21 heavy (non-hydrogen) atoms. The molecule has 5 nitrogen and oxygen atoms in total. The molecular formula is C13H16ClFN2O3S. The first-order chi connectivity index (χ1) is 9.85. The van der Waals surface area contributed by atoms with Gasteiger partial charge in [0.05, 0.1) is 11.3 Å².